The number of hydrogen-bond donors (Lipinski definition) is 4. The summed E-state index contributed by atoms with van der Waals surface area (Å²) in [6.07, 6.45) is 0.466. The molecular weight excluding hydrogens is 438 g/mol. The maximum Gasteiger partial charge on any atom is 0.251 e. The lowest BCUT2D eigenvalue weighted by Gasteiger charge is -2.18. The molecule has 4 N–H and O–H groups in total. The molecule has 0 aromatic heterocycles. The Kier molecular flexibility index (Phi) is 11.1. The van der Waals surface area contributed by atoms with Gasteiger partial charge in [-0.2, -0.15) is 0 Å². The highest BCUT2D eigenvalue weighted by Gasteiger charge is 2.22. The third-order valence-electron chi connectivity index (χ3n) is 4.87. The summed E-state index contributed by atoms with van der Waals surface area (Å²) in [7, 11) is 3.14. The molecule has 9 nitrogen and oxygen atoms in total. The minimum atomic E-state index is -0.957. The highest BCUT2D eigenvalue weighted by Crippen LogP contribution is 2.11. The molecule has 0 saturated heterocycles. The predicted octanol–water partition coefficient (Wildman–Crippen LogP) is 1.44. The zero-order valence-corrected chi connectivity index (χ0v) is 19.2. The molecule has 0 aliphatic carbocycles. The van der Waals surface area contributed by atoms with Gasteiger partial charge in [0, 0.05) is 31.2 Å². The van der Waals surface area contributed by atoms with Crippen LogP contribution in [0.15, 0.2) is 48.5 Å². The van der Waals surface area contributed by atoms with Crippen LogP contribution < -0.4 is 20.9 Å². The molecule has 2 aromatic carbocycles. The first-order chi connectivity index (χ1) is 16.5. The molecule has 0 bridgehead atoms. The van der Waals surface area contributed by atoms with Crippen LogP contribution in [0.5, 0.6) is 5.75 Å². The quantitative estimate of drug-likeness (QED) is 0.225. The molecule has 0 radical (unpaired) electrons. The molecular formula is C25H29N3O6. The normalized spacial score (nSPS) is 10.9. The van der Waals surface area contributed by atoms with Gasteiger partial charge in [0.2, 0.25) is 11.8 Å². The van der Waals surface area contributed by atoms with E-state index in [1.807, 2.05) is 24.3 Å². The maximum atomic E-state index is 12.7. The minimum absolute atomic E-state index is 0.0209. The van der Waals surface area contributed by atoms with Gasteiger partial charge in [0.1, 0.15) is 18.4 Å². The van der Waals surface area contributed by atoms with Gasteiger partial charge >= 0.3 is 0 Å². The Morgan fingerprint density at radius 1 is 1.03 bits per heavy atom. The molecule has 9 heteroatoms. The van der Waals surface area contributed by atoms with Crippen LogP contribution in [-0.2, 0) is 20.7 Å². The highest BCUT2D eigenvalue weighted by molar-refractivity contribution is 5.97. The largest absolute Gasteiger partial charge is 0.497 e. The highest BCUT2D eigenvalue weighted by atomic mass is 16.5. The summed E-state index contributed by atoms with van der Waals surface area (Å²) in [5.74, 6) is 4.94. The molecule has 0 saturated carbocycles. The molecule has 34 heavy (non-hydrogen) atoms. The SMILES string of the molecule is COCC#Cc1ccc(C(=O)N[C@@H](CCC(=O)NO)C(=O)NCCc2ccc(OC)cc2)cc1. The summed E-state index contributed by atoms with van der Waals surface area (Å²) >= 11 is 0. The molecule has 180 valence electrons. The van der Waals surface area contributed by atoms with E-state index in [-0.39, 0.29) is 12.8 Å². The van der Waals surface area contributed by atoms with Crippen molar-refractivity contribution in [2.24, 2.45) is 0 Å². The van der Waals surface area contributed by atoms with Gasteiger partial charge in [-0.15, -0.1) is 0 Å². The first-order valence-electron chi connectivity index (χ1n) is 10.7. The number of carbonyl (C=O) groups excluding carboxylic acids is 3. The van der Waals surface area contributed by atoms with E-state index < -0.39 is 23.8 Å². The Morgan fingerprint density at radius 2 is 1.74 bits per heavy atom. The molecule has 0 unspecified atom stereocenters. The molecule has 0 aliphatic rings. The Bertz CT molecular complexity index is 1010. The molecule has 0 aliphatic heterocycles. The Hall–Kier alpha value is -3.87. The van der Waals surface area contributed by atoms with Gasteiger partial charge in [0.15, 0.2) is 0 Å². The van der Waals surface area contributed by atoms with Crippen molar-refractivity contribution in [2.45, 2.75) is 25.3 Å². The van der Waals surface area contributed by atoms with Gasteiger partial charge in [-0.05, 0) is 54.8 Å². The first kappa shape index (κ1) is 26.4. The van der Waals surface area contributed by atoms with Crippen LogP contribution in [0.2, 0.25) is 0 Å². The van der Waals surface area contributed by atoms with Crippen molar-refractivity contribution in [2.75, 3.05) is 27.4 Å². The Balaban J connectivity index is 1.98. The summed E-state index contributed by atoms with van der Waals surface area (Å²) in [6.45, 7) is 0.650. The predicted molar refractivity (Wildman–Crippen MR) is 125 cm³/mol. The molecule has 0 heterocycles. The Labute approximate surface area is 198 Å². The van der Waals surface area contributed by atoms with Crippen LogP contribution >= 0.6 is 0 Å². The summed E-state index contributed by atoms with van der Waals surface area (Å²) in [6, 6.07) is 13.1. The second-order valence-electron chi connectivity index (χ2n) is 7.30. The van der Waals surface area contributed by atoms with Gasteiger partial charge in [0.25, 0.3) is 5.91 Å². The second kappa shape index (κ2) is 14.3. The molecule has 0 fully saturated rings. The summed E-state index contributed by atoms with van der Waals surface area (Å²) in [5, 5.41) is 14.2. The van der Waals surface area contributed by atoms with Crippen molar-refractivity contribution < 1.29 is 29.1 Å². The number of hydrogen-bond acceptors (Lipinski definition) is 6. The second-order valence-corrected chi connectivity index (χ2v) is 7.30. The average Bonchev–Trinajstić information content (AvgIpc) is 2.87. The molecule has 2 aromatic rings. The van der Waals surface area contributed by atoms with Crippen molar-refractivity contribution in [3.63, 3.8) is 0 Å². The van der Waals surface area contributed by atoms with Gasteiger partial charge in [-0.1, -0.05) is 24.0 Å². The van der Waals surface area contributed by atoms with Gasteiger partial charge in [0.05, 0.1) is 7.11 Å². The van der Waals surface area contributed by atoms with E-state index in [0.717, 1.165) is 16.9 Å². The van der Waals surface area contributed by atoms with Crippen molar-refractivity contribution >= 4 is 17.7 Å². The number of methoxy groups -OCH3 is 2. The molecule has 3 amide bonds. The summed E-state index contributed by atoms with van der Waals surface area (Å²) in [4.78, 5) is 36.9. The smallest absolute Gasteiger partial charge is 0.251 e. The van der Waals surface area contributed by atoms with E-state index in [1.54, 1.807) is 38.5 Å². The lowest BCUT2D eigenvalue weighted by atomic mass is 10.1. The van der Waals surface area contributed by atoms with Crippen LogP contribution in [0.25, 0.3) is 0 Å². The zero-order chi connectivity index (χ0) is 24.8. The van der Waals surface area contributed by atoms with Crippen molar-refractivity contribution in [1.29, 1.82) is 0 Å². The van der Waals surface area contributed by atoms with E-state index in [2.05, 4.69) is 22.5 Å². The number of ether oxygens (including phenoxy) is 2. The fourth-order valence-corrected chi connectivity index (χ4v) is 3.00. The fraction of sp³-hybridized carbons (Fsp3) is 0.320. The lowest BCUT2D eigenvalue weighted by molar-refractivity contribution is -0.129. The molecule has 0 spiro atoms. The topological polar surface area (TPSA) is 126 Å². The van der Waals surface area contributed by atoms with Gasteiger partial charge in [-0.3, -0.25) is 19.6 Å². The number of rotatable bonds is 11. The monoisotopic (exact) mass is 467 g/mol. The van der Waals surface area contributed by atoms with Crippen LogP contribution in [0.1, 0.15) is 34.3 Å². The van der Waals surface area contributed by atoms with E-state index >= 15 is 0 Å². The molecule has 1 atom stereocenters. The van der Waals surface area contributed by atoms with E-state index in [1.165, 1.54) is 5.48 Å². The third kappa shape index (κ3) is 8.94. The van der Waals surface area contributed by atoms with E-state index in [4.69, 9.17) is 14.7 Å². The van der Waals surface area contributed by atoms with Crippen LogP contribution in [0.3, 0.4) is 0 Å². The summed E-state index contributed by atoms with van der Waals surface area (Å²) < 4.78 is 10.0. The first-order valence-corrected chi connectivity index (χ1v) is 10.7. The number of hydroxylamine groups is 1. The number of benzene rings is 2. The zero-order valence-electron chi connectivity index (χ0n) is 19.2. The van der Waals surface area contributed by atoms with Crippen LogP contribution in [0.4, 0.5) is 0 Å². The fourth-order valence-electron chi connectivity index (χ4n) is 3.00. The number of carbonyl (C=O) groups is 3. The van der Waals surface area contributed by atoms with Crippen LogP contribution in [-0.4, -0.2) is 56.3 Å². The van der Waals surface area contributed by atoms with Gasteiger partial charge in [-0.25, -0.2) is 5.48 Å². The van der Waals surface area contributed by atoms with E-state index in [0.29, 0.717) is 25.1 Å². The van der Waals surface area contributed by atoms with Crippen molar-refractivity contribution in [1.82, 2.24) is 16.1 Å². The minimum Gasteiger partial charge on any atom is -0.497 e. The summed E-state index contributed by atoms with van der Waals surface area (Å²) in [5.41, 5.74) is 3.61. The Morgan fingerprint density at radius 3 is 2.35 bits per heavy atom. The van der Waals surface area contributed by atoms with Gasteiger partial charge < -0.3 is 20.1 Å². The third-order valence-corrected chi connectivity index (χ3v) is 4.87. The number of nitrogens with one attached hydrogen (secondary N) is 3. The lowest BCUT2D eigenvalue weighted by Crippen LogP contribution is -2.47. The van der Waals surface area contributed by atoms with Crippen molar-refractivity contribution in [3.05, 3.63) is 65.2 Å². The maximum absolute atomic E-state index is 12.7. The average molecular weight is 468 g/mol. The van der Waals surface area contributed by atoms with Crippen molar-refractivity contribution in [3.8, 4) is 17.6 Å². The molecule has 2 rings (SSSR count). The standard InChI is InChI=1S/C25H29N3O6/c1-33-17-3-4-18-5-9-20(10-6-18)24(30)27-22(13-14-23(29)28-32)25(31)26-16-15-19-7-11-21(34-2)12-8-19/h5-12,22,32H,13-17H2,1-2H3,(H,26,31)(H,27,30)(H,28,29)/t22-/m0/s1. The van der Waals surface area contributed by atoms with Crippen LogP contribution in [0, 0.1) is 11.8 Å². The van der Waals surface area contributed by atoms with E-state index in [9.17, 15) is 14.4 Å². The number of amides is 3.